The molecule has 1 aromatic rings. The van der Waals surface area contributed by atoms with Gasteiger partial charge >= 0.3 is 5.97 Å². The predicted octanol–water partition coefficient (Wildman–Crippen LogP) is 1.25. The number of hydrogen-bond donors (Lipinski definition) is 0. The Morgan fingerprint density at radius 2 is 2.32 bits per heavy atom. The average Bonchev–Trinajstić information content (AvgIpc) is 2.94. The molecule has 1 aromatic carbocycles. The van der Waals surface area contributed by atoms with Gasteiger partial charge in [0.25, 0.3) is 0 Å². The minimum atomic E-state index is -0.401. The van der Waals surface area contributed by atoms with Gasteiger partial charge in [-0.2, -0.15) is 0 Å². The monoisotopic (exact) mass is 262 g/mol. The number of fused-ring (bicyclic) bond motifs is 5. The molecule has 2 aliphatic heterocycles. The molecule has 5 nitrogen and oxygen atoms in total. The van der Waals surface area contributed by atoms with E-state index in [1.165, 1.54) is 7.11 Å². The molecule has 2 heterocycles. The van der Waals surface area contributed by atoms with E-state index in [2.05, 4.69) is 10.8 Å². The SMILES string of the molecule is COC(=O)COc1cccc2c1OC1CC3OC3C21. The second kappa shape index (κ2) is 3.87. The second-order valence-corrected chi connectivity index (χ2v) is 5.10. The molecule has 4 atom stereocenters. The van der Waals surface area contributed by atoms with Crippen molar-refractivity contribution in [2.45, 2.75) is 30.7 Å². The molecular weight excluding hydrogens is 248 g/mol. The fraction of sp³-hybridized carbons (Fsp3) is 0.500. The summed E-state index contributed by atoms with van der Waals surface area (Å²) in [6.45, 7) is -0.103. The third-order valence-corrected chi connectivity index (χ3v) is 4.05. The maximum atomic E-state index is 11.1. The van der Waals surface area contributed by atoms with Gasteiger partial charge < -0.3 is 18.9 Å². The Bertz CT molecular complexity index is 541. The number of benzene rings is 1. The normalized spacial score (nSPS) is 32.9. The number of epoxide rings is 1. The summed E-state index contributed by atoms with van der Waals surface area (Å²) in [6.07, 6.45) is 1.83. The summed E-state index contributed by atoms with van der Waals surface area (Å²) in [5.41, 5.74) is 1.14. The van der Waals surface area contributed by atoms with Crippen LogP contribution in [0.15, 0.2) is 18.2 Å². The zero-order valence-electron chi connectivity index (χ0n) is 10.5. The molecule has 0 bridgehead atoms. The van der Waals surface area contributed by atoms with Crippen molar-refractivity contribution >= 4 is 5.97 Å². The van der Waals surface area contributed by atoms with Crippen LogP contribution in [0.3, 0.4) is 0 Å². The largest absolute Gasteiger partial charge is 0.485 e. The van der Waals surface area contributed by atoms with Crippen LogP contribution in [0, 0.1) is 0 Å². The summed E-state index contributed by atoms with van der Waals surface area (Å²) >= 11 is 0. The lowest BCUT2D eigenvalue weighted by molar-refractivity contribution is -0.142. The zero-order chi connectivity index (χ0) is 13.0. The molecule has 3 aliphatic rings. The van der Waals surface area contributed by atoms with Gasteiger partial charge in [0.15, 0.2) is 18.1 Å². The third-order valence-electron chi connectivity index (χ3n) is 4.05. The van der Waals surface area contributed by atoms with E-state index in [0.29, 0.717) is 23.9 Å². The topological polar surface area (TPSA) is 57.3 Å². The number of ether oxygens (including phenoxy) is 4. The molecule has 4 rings (SSSR count). The number of hydrogen-bond acceptors (Lipinski definition) is 5. The number of rotatable bonds is 3. The van der Waals surface area contributed by atoms with Crippen LogP contribution >= 0.6 is 0 Å². The van der Waals surface area contributed by atoms with Crippen LogP contribution in [-0.4, -0.2) is 38.0 Å². The molecule has 2 fully saturated rings. The second-order valence-electron chi connectivity index (χ2n) is 5.10. The Morgan fingerprint density at radius 3 is 3.16 bits per heavy atom. The third kappa shape index (κ3) is 1.61. The minimum absolute atomic E-state index is 0.103. The molecule has 100 valence electrons. The Kier molecular flexibility index (Phi) is 2.26. The molecule has 0 aromatic heterocycles. The van der Waals surface area contributed by atoms with Gasteiger partial charge in [-0.25, -0.2) is 4.79 Å². The summed E-state index contributed by atoms with van der Waals surface area (Å²) in [5.74, 6) is 1.29. The maximum Gasteiger partial charge on any atom is 0.343 e. The summed E-state index contributed by atoms with van der Waals surface area (Å²) in [5, 5.41) is 0. The summed E-state index contributed by atoms with van der Waals surface area (Å²) in [6, 6.07) is 5.79. The number of carbonyl (C=O) groups excluding carboxylic acids is 1. The van der Waals surface area contributed by atoms with Crippen LogP contribution in [0.25, 0.3) is 0 Å². The number of para-hydroxylation sites is 1. The van der Waals surface area contributed by atoms with Crippen molar-refractivity contribution in [1.82, 2.24) is 0 Å². The lowest BCUT2D eigenvalue weighted by Crippen LogP contribution is -2.17. The van der Waals surface area contributed by atoms with Gasteiger partial charge in [0.2, 0.25) is 0 Å². The van der Waals surface area contributed by atoms with Gasteiger partial charge in [-0.15, -0.1) is 0 Å². The van der Waals surface area contributed by atoms with Gasteiger partial charge in [0.1, 0.15) is 6.10 Å². The molecule has 1 saturated carbocycles. The molecule has 0 radical (unpaired) electrons. The average molecular weight is 262 g/mol. The molecule has 0 spiro atoms. The Morgan fingerprint density at radius 1 is 1.42 bits per heavy atom. The van der Waals surface area contributed by atoms with Crippen molar-refractivity contribution in [3.05, 3.63) is 23.8 Å². The summed E-state index contributed by atoms with van der Waals surface area (Å²) in [4.78, 5) is 11.1. The lowest BCUT2D eigenvalue weighted by Gasteiger charge is -2.11. The van der Waals surface area contributed by atoms with Crippen molar-refractivity contribution in [3.8, 4) is 11.5 Å². The van der Waals surface area contributed by atoms with Crippen LogP contribution < -0.4 is 9.47 Å². The number of methoxy groups -OCH3 is 1. The smallest absolute Gasteiger partial charge is 0.343 e. The first kappa shape index (κ1) is 11.1. The van der Waals surface area contributed by atoms with Gasteiger partial charge in [-0.1, -0.05) is 12.1 Å². The number of carbonyl (C=O) groups is 1. The van der Waals surface area contributed by atoms with E-state index in [4.69, 9.17) is 14.2 Å². The highest BCUT2D eigenvalue weighted by molar-refractivity contribution is 5.71. The molecule has 4 unspecified atom stereocenters. The molecule has 19 heavy (non-hydrogen) atoms. The summed E-state index contributed by atoms with van der Waals surface area (Å²) < 4.78 is 21.6. The Hall–Kier alpha value is -1.75. The fourth-order valence-electron chi connectivity index (χ4n) is 3.13. The molecule has 5 heteroatoms. The highest BCUT2D eigenvalue weighted by Crippen LogP contribution is 2.57. The highest BCUT2D eigenvalue weighted by atomic mass is 16.6. The number of esters is 1. The van der Waals surface area contributed by atoms with Gasteiger partial charge in [-0.3, -0.25) is 0 Å². The van der Waals surface area contributed by atoms with Crippen molar-refractivity contribution < 1.29 is 23.7 Å². The van der Waals surface area contributed by atoms with E-state index in [1.807, 2.05) is 12.1 Å². The molecule has 1 saturated heterocycles. The fourth-order valence-corrected chi connectivity index (χ4v) is 3.13. The first-order valence-corrected chi connectivity index (χ1v) is 6.42. The highest BCUT2D eigenvalue weighted by Gasteiger charge is 2.60. The van der Waals surface area contributed by atoms with E-state index in [1.54, 1.807) is 0 Å². The van der Waals surface area contributed by atoms with Gasteiger partial charge in [0.05, 0.1) is 25.2 Å². The van der Waals surface area contributed by atoms with E-state index in [-0.39, 0.29) is 12.7 Å². The maximum absolute atomic E-state index is 11.1. The van der Waals surface area contributed by atoms with E-state index in [0.717, 1.165) is 17.7 Å². The first-order chi connectivity index (χ1) is 9.28. The Labute approximate surface area is 110 Å². The van der Waals surface area contributed by atoms with E-state index < -0.39 is 5.97 Å². The van der Waals surface area contributed by atoms with Crippen molar-refractivity contribution in [3.63, 3.8) is 0 Å². The van der Waals surface area contributed by atoms with Gasteiger partial charge in [0, 0.05) is 12.0 Å². The zero-order valence-corrected chi connectivity index (χ0v) is 10.5. The molecule has 1 aliphatic carbocycles. The minimum Gasteiger partial charge on any atom is -0.485 e. The van der Waals surface area contributed by atoms with Crippen LogP contribution in [0.4, 0.5) is 0 Å². The Balaban J connectivity index is 1.60. The van der Waals surface area contributed by atoms with Crippen LogP contribution in [0.1, 0.15) is 17.9 Å². The lowest BCUT2D eigenvalue weighted by atomic mass is 9.97. The van der Waals surface area contributed by atoms with Crippen molar-refractivity contribution in [1.29, 1.82) is 0 Å². The van der Waals surface area contributed by atoms with Gasteiger partial charge in [-0.05, 0) is 6.07 Å². The predicted molar refractivity (Wildman–Crippen MR) is 64.4 cm³/mol. The van der Waals surface area contributed by atoms with E-state index in [9.17, 15) is 4.79 Å². The van der Waals surface area contributed by atoms with Crippen molar-refractivity contribution in [2.24, 2.45) is 0 Å². The van der Waals surface area contributed by atoms with Crippen LogP contribution in [-0.2, 0) is 14.3 Å². The summed E-state index contributed by atoms with van der Waals surface area (Å²) in [7, 11) is 1.34. The quantitative estimate of drug-likeness (QED) is 0.606. The van der Waals surface area contributed by atoms with Crippen molar-refractivity contribution in [2.75, 3.05) is 13.7 Å². The molecular formula is C14H14O5. The first-order valence-electron chi connectivity index (χ1n) is 6.42. The van der Waals surface area contributed by atoms with E-state index >= 15 is 0 Å². The van der Waals surface area contributed by atoms with Crippen LogP contribution in [0.2, 0.25) is 0 Å². The molecule has 0 amide bonds. The standard InChI is InChI=1S/C14H14O5/c1-16-11(15)6-17-8-4-2-3-7-12-9(18-13(7)8)5-10-14(12)19-10/h2-4,9-10,12,14H,5-6H2,1H3. The van der Waals surface area contributed by atoms with Crippen LogP contribution in [0.5, 0.6) is 11.5 Å². The molecule has 0 N–H and O–H groups in total.